The van der Waals surface area contributed by atoms with E-state index >= 15 is 0 Å². The summed E-state index contributed by atoms with van der Waals surface area (Å²) in [6.45, 7) is 3.68. The molecule has 8 nitrogen and oxygen atoms in total. The van der Waals surface area contributed by atoms with Crippen molar-refractivity contribution in [2.75, 3.05) is 27.9 Å². The van der Waals surface area contributed by atoms with Gasteiger partial charge < -0.3 is 14.2 Å². The first-order valence-corrected chi connectivity index (χ1v) is 11.7. The summed E-state index contributed by atoms with van der Waals surface area (Å²) in [6.07, 6.45) is 3.53. The molecule has 0 aliphatic rings. The lowest BCUT2D eigenvalue weighted by Gasteiger charge is -2.17. The molecule has 0 atom stereocenters. The van der Waals surface area contributed by atoms with Crippen molar-refractivity contribution < 1.29 is 14.2 Å². The molecule has 9 heteroatoms. The van der Waals surface area contributed by atoms with Crippen LogP contribution in [-0.4, -0.2) is 52.1 Å². The summed E-state index contributed by atoms with van der Waals surface area (Å²) in [7, 11) is 5.29. The summed E-state index contributed by atoms with van der Waals surface area (Å²) in [4.78, 5) is 6.42. The number of nitrogens with zero attached hydrogens (tertiary/aromatic N) is 5. The zero-order valence-electron chi connectivity index (χ0n) is 20.3. The molecule has 0 spiro atoms. The van der Waals surface area contributed by atoms with Crippen LogP contribution < -0.4 is 14.2 Å². The van der Waals surface area contributed by atoms with Gasteiger partial charge in [-0.1, -0.05) is 18.2 Å². The van der Waals surface area contributed by atoms with Crippen LogP contribution in [-0.2, 0) is 13.2 Å². The minimum Gasteiger partial charge on any atom is -0.493 e. The number of pyridine rings is 1. The Morgan fingerprint density at radius 2 is 1.77 bits per heavy atom. The Morgan fingerprint density at radius 1 is 0.971 bits per heavy atom. The summed E-state index contributed by atoms with van der Waals surface area (Å²) in [5.74, 6) is 2.85. The number of hydrogen-bond acceptors (Lipinski definition) is 7. The van der Waals surface area contributed by atoms with E-state index in [0.717, 1.165) is 22.6 Å². The van der Waals surface area contributed by atoms with Gasteiger partial charge in [0.05, 0.1) is 33.2 Å². The molecular formula is C26H29N5O3S. The monoisotopic (exact) mass is 491 g/mol. The molecule has 2 aromatic heterocycles. The maximum Gasteiger partial charge on any atom is 0.204 e. The summed E-state index contributed by atoms with van der Waals surface area (Å²) in [6, 6.07) is 17.6. The van der Waals surface area contributed by atoms with Gasteiger partial charge in [0.15, 0.2) is 17.3 Å². The van der Waals surface area contributed by atoms with Crippen LogP contribution in [0.3, 0.4) is 0 Å². The van der Waals surface area contributed by atoms with Gasteiger partial charge in [-0.2, -0.15) is 0 Å². The topological polar surface area (TPSA) is 66.6 Å². The molecule has 0 saturated heterocycles. The first kappa shape index (κ1) is 24.4. The Labute approximate surface area is 210 Å². The fraction of sp³-hybridized carbons (Fsp3) is 0.269. The quantitative estimate of drug-likeness (QED) is 0.290. The van der Waals surface area contributed by atoms with Gasteiger partial charge in [-0.15, -0.1) is 5.10 Å². The SMILES string of the molecule is CCOc1ccccc1-n1c(-c2cccnc2)nn(CN(C)Cc2ccc(OC)c(OC)c2)c1=S. The zero-order chi connectivity index (χ0) is 24.8. The van der Waals surface area contributed by atoms with E-state index < -0.39 is 0 Å². The van der Waals surface area contributed by atoms with Gasteiger partial charge in [0.25, 0.3) is 0 Å². The normalized spacial score (nSPS) is 11.0. The number of ether oxygens (including phenoxy) is 3. The van der Waals surface area contributed by atoms with Gasteiger partial charge in [-0.05, 0) is 68.2 Å². The van der Waals surface area contributed by atoms with E-state index in [-0.39, 0.29) is 0 Å². The van der Waals surface area contributed by atoms with Crippen LogP contribution in [0.25, 0.3) is 17.1 Å². The molecule has 0 aliphatic carbocycles. The van der Waals surface area contributed by atoms with Crippen molar-refractivity contribution in [3.63, 3.8) is 0 Å². The third kappa shape index (κ3) is 5.36. The molecule has 0 amide bonds. The second-order valence-corrected chi connectivity index (χ2v) is 8.29. The molecule has 4 aromatic rings. The Bertz CT molecular complexity index is 1340. The van der Waals surface area contributed by atoms with Gasteiger partial charge >= 0.3 is 0 Å². The van der Waals surface area contributed by atoms with Crippen LogP contribution in [0.2, 0.25) is 0 Å². The average molecular weight is 492 g/mol. The molecule has 0 radical (unpaired) electrons. The average Bonchev–Trinajstić information content (AvgIpc) is 3.20. The molecule has 0 fully saturated rings. The van der Waals surface area contributed by atoms with E-state index in [1.54, 1.807) is 26.6 Å². The van der Waals surface area contributed by atoms with E-state index in [0.29, 0.717) is 41.9 Å². The van der Waals surface area contributed by atoms with Gasteiger partial charge in [0.1, 0.15) is 5.75 Å². The number of para-hydroxylation sites is 2. The van der Waals surface area contributed by atoms with Crippen molar-refractivity contribution in [2.24, 2.45) is 0 Å². The van der Waals surface area contributed by atoms with Gasteiger partial charge in [0.2, 0.25) is 4.77 Å². The second-order valence-electron chi connectivity index (χ2n) is 7.93. The van der Waals surface area contributed by atoms with Crippen LogP contribution in [0.5, 0.6) is 17.2 Å². The van der Waals surface area contributed by atoms with Crippen LogP contribution in [0.1, 0.15) is 12.5 Å². The number of rotatable bonds is 10. The molecule has 4 rings (SSSR count). The van der Waals surface area contributed by atoms with E-state index in [2.05, 4.69) is 9.88 Å². The largest absolute Gasteiger partial charge is 0.493 e. The molecule has 0 unspecified atom stereocenters. The lowest BCUT2D eigenvalue weighted by atomic mass is 10.2. The van der Waals surface area contributed by atoms with Crippen LogP contribution in [0.15, 0.2) is 67.0 Å². The number of aromatic nitrogens is 4. The Hall–Kier alpha value is -3.69. The van der Waals surface area contributed by atoms with Crippen molar-refractivity contribution in [3.8, 4) is 34.3 Å². The van der Waals surface area contributed by atoms with Crippen LogP contribution in [0.4, 0.5) is 0 Å². The number of methoxy groups -OCH3 is 2. The lowest BCUT2D eigenvalue weighted by Crippen LogP contribution is -2.22. The molecule has 2 aromatic carbocycles. The lowest BCUT2D eigenvalue weighted by molar-refractivity contribution is 0.243. The van der Waals surface area contributed by atoms with E-state index in [4.69, 9.17) is 31.5 Å². The maximum absolute atomic E-state index is 5.92. The van der Waals surface area contributed by atoms with Gasteiger partial charge in [-0.25, -0.2) is 4.68 Å². The Balaban J connectivity index is 1.70. The van der Waals surface area contributed by atoms with E-state index in [1.807, 2.05) is 77.8 Å². The first-order chi connectivity index (χ1) is 17.0. The Kier molecular flexibility index (Phi) is 7.79. The fourth-order valence-electron chi connectivity index (χ4n) is 3.89. The third-order valence-corrected chi connectivity index (χ3v) is 5.83. The standard InChI is InChI=1S/C26H29N5O3S/c1-5-34-22-11-7-6-10-21(22)31-25(20-9-8-14-27-16-20)28-30(26(31)35)18-29(2)17-19-12-13-23(32-3)24(15-19)33-4/h6-16H,5,17-18H2,1-4H3. The fourth-order valence-corrected chi connectivity index (χ4v) is 4.17. The van der Waals surface area contributed by atoms with Gasteiger partial charge in [0, 0.05) is 24.5 Å². The third-order valence-electron chi connectivity index (χ3n) is 5.44. The highest BCUT2D eigenvalue weighted by Crippen LogP contribution is 2.30. The van der Waals surface area contributed by atoms with Crippen molar-refractivity contribution in [1.82, 2.24) is 24.2 Å². The van der Waals surface area contributed by atoms with Crippen molar-refractivity contribution >= 4 is 12.2 Å². The van der Waals surface area contributed by atoms with Crippen molar-refractivity contribution in [3.05, 3.63) is 77.3 Å². The van der Waals surface area contributed by atoms with Crippen molar-refractivity contribution in [1.29, 1.82) is 0 Å². The smallest absolute Gasteiger partial charge is 0.204 e. The highest BCUT2D eigenvalue weighted by molar-refractivity contribution is 7.71. The predicted octanol–water partition coefficient (Wildman–Crippen LogP) is 4.97. The summed E-state index contributed by atoms with van der Waals surface area (Å²) < 4.78 is 21.0. The maximum atomic E-state index is 5.92. The van der Waals surface area contributed by atoms with Crippen molar-refractivity contribution in [2.45, 2.75) is 20.1 Å². The molecular weight excluding hydrogens is 462 g/mol. The first-order valence-electron chi connectivity index (χ1n) is 11.3. The number of hydrogen-bond donors (Lipinski definition) is 0. The van der Waals surface area contributed by atoms with Gasteiger partial charge in [-0.3, -0.25) is 14.5 Å². The van der Waals surface area contributed by atoms with Crippen LogP contribution in [0, 0.1) is 4.77 Å². The summed E-state index contributed by atoms with van der Waals surface area (Å²) >= 11 is 5.92. The summed E-state index contributed by atoms with van der Waals surface area (Å²) in [5.41, 5.74) is 2.79. The zero-order valence-corrected chi connectivity index (χ0v) is 21.2. The van der Waals surface area contributed by atoms with E-state index in [1.165, 1.54) is 0 Å². The minimum absolute atomic E-state index is 0.490. The van der Waals surface area contributed by atoms with E-state index in [9.17, 15) is 0 Å². The Morgan fingerprint density at radius 3 is 2.49 bits per heavy atom. The summed E-state index contributed by atoms with van der Waals surface area (Å²) in [5, 5.41) is 4.89. The number of benzene rings is 2. The molecule has 0 N–H and O–H groups in total. The molecule has 0 saturated carbocycles. The minimum atomic E-state index is 0.490. The molecule has 0 bridgehead atoms. The molecule has 0 aliphatic heterocycles. The second kappa shape index (κ2) is 11.2. The van der Waals surface area contributed by atoms with Crippen LogP contribution >= 0.6 is 12.2 Å². The highest BCUT2D eigenvalue weighted by atomic mass is 32.1. The molecule has 2 heterocycles. The predicted molar refractivity (Wildman–Crippen MR) is 138 cm³/mol. The molecule has 182 valence electrons. The molecule has 35 heavy (non-hydrogen) atoms. The highest BCUT2D eigenvalue weighted by Gasteiger charge is 2.18.